The second-order valence-electron chi connectivity index (χ2n) is 4.49. The third-order valence-corrected chi connectivity index (χ3v) is 2.92. The molecule has 0 spiro atoms. The van der Waals surface area contributed by atoms with Gasteiger partial charge in [0.05, 0.1) is 5.56 Å². The van der Waals surface area contributed by atoms with Gasteiger partial charge in [-0.3, -0.25) is 4.79 Å². The van der Waals surface area contributed by atoms with E-state index in [4.69, 9.17) is 5.11 Å². The van der Waals surface area contributed by atoms with E-state index in [1.54, 1.807) is 6.08 Å². The second kappa shape index (κ2) is 5.97. The van der Waals surface area contributed by atoms with Crippen LogP contribution in [0, 0.1) is 6.92 Å². The average Bonchev–Trinajstić information content (AvgIpc) is 2.46. The summed E-state index contributed by atoms with van der Waals surface area (Å²) in [5, 5.41) is 8.79. The van der Waals surface area contributed by atoms with Gasteiger partial charge < -0.3 is 5.11 Å². The summed E-state index contributed by atoms with van der Waals surface area (Å²) < 4.78 is 0. The molecular formula is C17H14O3. The summed E-state index contributed by atoms with van der Waals surface area (Å²) in [4.78, 5) is 22.7. The number of hydrogen-bond acceptors (Lipinski definition) is 2. The van der Waals surface area contributed by atoms with E-state index in [0.717, 1.165) is 11.1 Å². The van der Waals surface area contributed by atoms with Crippen molar-refractivity contribution >= 4 is 17.8 Å². The molecule has 0 bridgehead atoms. The first kappa shape index (κ1) is 13.7. The molecule has 2 rings (SSSR count). The van der Waals surface area contributed by atoms with Gasteiger partial charge in [-0.25, -0.2) is 4.79 Å². The third kappa shape index (κ3) is 3.42. The van der Waals surface area contributed by atoms with Crippen molar-refractivity contribution in [2.24, 2.45) is 0 Å². The lowest BCUT2D eigenvalue weighted by Crippen LogP contribution is -1.98. The molecule has 0 fully saturated rings. The van der Waals surface area contributed by atoms with E-state index in [1.165, 1.54) is 30.3 Å². The molecule has 0 atom stereocenters. The van der Waals surface area contributed by atoms with Crippen LogP contribution in [0.15, 0.2) is 54.6 Å². The van der Waals surface area contributed by atoms with Gasteiger partial charge in [0.2, 0.25) is 0 Å². The molecule has 20 heavy (non-hydrogen) atoms. The number of carbonyl (C=O) groups excluding carboxylic acids is 1. The minimum atomic E-state index is -1.00. The molecule has 0 aromatic heterocycles. The fourth-order valence-electron chi connectivity index (χ4n) is 1.72. The van der Waals surface area contributed by atoms with Gasteiger partial charge in [0.1, 0.15) is 0 Å². The number of rotatable bonds is 4. The van der Waals surface area contributed by atoms with Crippen LogP contribution in [0.2, 0.25) is 0 Å². The van der Waals surface area contributed by atoms with Crippen LogP contribution in [-0.4, -0.2) is 16.9 Å². The Kier molecular flexibility index (Phi) is 4.11. The molecule has 0 aliphatic rings. The van der Waals surface area contributed by atoms with Crippen molar-refractivity contribution in [2.75, 3.05) is 0 Å². The molecule has 100 valence electrons. The quantitative estimate of drug-likeness (QED) is 0.679. The van der Waals surface area contributed by atoms with E-state index in [1.807, 2.05) is 31.2 Å². The van der Waals surface area contributed by atoms with Gasteiger partial charge in [-0.05, 0) is 30.7 Å². The summed E-state index contributed by atoms with van der Waals surface area (Å²) in [5.74, 6) is -1.15. The van der Waals surface area contributed by atoms with Crippen LogP contribution in [0.25, 0.3) is 6.08 Å². The molecule has 0 aliphatic carbocycles. The lowest BCUT2D eigenvalue weighted by Gasteiger charge is -1.98. The normalized spacial score (nSPS) is 10.7. The number of carboxylic acid groups (broad SMARTS) is 1. The lowest BCUT2D eigenvalue weighted by atomic mass is 10.1. The monoisotopic (exact) mass is 266 g/mol. The molecule has 0 unspecified atom stereocenters. The predicted octanol–water partition coefficient (Wildman–Crippen LogP) is 3.59. The van der Waals surface area contributed by atoms with Crippen LogP contribution in [0.3, 0.4) is 0 Å². The summed E-state index contributed by atoms with van der Waals surface area (Å²) in [6.45, 7) is 2.00. The maximum Gasteiger partial charge on any atom is 0.335 e. The molecule has 0 amide bonds. The number of carboxylic acids is 1. The lowest BCUT2D eigenvalue weighted by molar-refractivity contribution is 0.0696. The summed E-state index contributed by atoms with van der Waals surface area (Å²) >= 11 is 0. The van der Waals surface area contributed by atoms with Crippen LogP contribution < -0.4 is 0 Å². The van der Waals surface area contributed by atoms with Crippen molar-refractivity contribution in [1.29, 1.82) is 0 Å². The SMILES string of the molecule is Cc1ccc(C=CC(=O)c2ccc(C(=O)O)cc2)cc1. The first-order valence-corrected chi connectivity index (χ1v) is 6.19. The van der Waals surface area contributed by atoms with Crippen LogP contribution in [-0.2, 0) is 0 Å². The Hall–Kier alpha value is -2.68. The molecule has 2 aromatic carbocycles. The zero-order valence-corrected chi connectivity index (χ0v) is 11.0. The zero-order valence-electron chi connectivity index (χ0n) is 11.0. The highest BCUT2D eigenvalue weighted by Crippen LogP contribution is 2.09. The number of ketones is 1. The maximum atomic E-state index is 11.9. The fraction of sp³-hybridized carbons (Fsp3) is 0.0588. The molecular weight excluding hydrogens is 252 g/mol. The summed E-state index contributed by atoms with van der Waals surface area (Å²) in [7, 11) is 0. The van der Waals surface area contributed by atoms with Crippen LogP contribution >= 0.6 is 0 Å². The molecule has 0 heterocycles. The van der Waals surface area contributed by atoms with Gasteiger partial charge in [-0.2, -0.15) is 0 Å². The Balaban J connectivity index is 2.11. The molecule has 1 N–H and O–H groups in total. The Morgan fingerprint density at radius 1 is 0.900 bits per heavy atom. The number of allylic oxidation sites excluding steroid dienone is 1. The zero-order chi connectivity index (χ0) is 14.5. The van der Waals surface area contributed by atoms with Crippen LogP contribution in [0.1, 0.15) is 31.8 Å². The van der Waals surface area contributed by atoms with Crippen molar-refractivity contribution in [3.8, 4) is 0 Å². The van der Waals surface area contributed by atoms with Crippen molar-refractivity contribution in [3.63, 3.8) is 0 Å². The Labute approximate surface area is 117 Å². The van der Waals surface area contributed by atoms with E-state index < -0.39 is 5.97 Å². The number of benzene rings is 2. The number of carbonyl (C=O) groups is 2. The first-order chi connectivity index (χ1) is 9.56. The van der Waals surface area contributed by atoms with E-state index in [0.29, 0.717) is 5.56 Å². The van der Waals surface area contributed by atoms with Crippen LogP contribution in [0.4, 0.5) is 0 Å². The minimum Gasteiger partial charge on any atom is -0.478 e. The van der Waals surface area contributed by atoms with Gasteiger partial charge >= 0.3 is 5.97 Å². The average molecular weight is 266 g/mol. The van der Waals surface area contributed by atoms with Crippen molar-refractivity contribution in [2.45, 2.75) is 6.92 Å². The Morgan fingerprint density at radius 3 is 2.00 bits per heavy atom. The van der Waals surface area contributed by atoms with Gasteiger partial charge in [0, 0.05) is 5.56 Å². The largest absolute Gasteiger partial charge is 0.478 e. The van der Waals surface area contributed by atoms with E-state index in [9.17, 15) is 9.59 Å². The molecule has 0 saturated carbocycles. The van der Waals surface area contributed by atoms with Gasteiger partial charge in [0.25, 0.3) is 0 Å². The highest BCUT2D eigenvalue weighted by molar-refractivity contribution is 6.07. The summed E-state index contributed by atoms with van der Waals surface area (Å²) in [6, 6.07) is 13.7. The van der Waals surface area contributed by atoms with Gasteiger partial charge in [-0.1, -0.05) is 48.0 Å². The van der Waals surface area contributed by atoms with Crippen molar-refractivity contribution in [3.05, 3.63) is 76.9 Å². The van der Waals surface area contributed by atoms with Crippen molar-refractivity contribution in [1.82, 2.24) is 0 Å². The molecule has 3 heteroatoms. The third-order valence-electron chi connectivity index (χ3n) is 2.92. The Bertz CT molecular complexity index is 650. The number of hydrogen-bond donors (Lipinski definition) is 1. The van der Waals surface area contributed by atoms with E-state index in [2.05, 4.69) is 0 Å². The first-order valence-electron chi connectivity index (χ1n) is 6.19. The smallest absolute Gasteiger partial charge is 0.335 e. The Morgan fingerprint density at radius 2 is 1.45 bits per heavy atom. The van der Waals surface area contributed by atoms with E-state index in [-0.39, 0.29) is 11.3 Å². The maximum absolute atomic E-state index is 11.9. The molecule has 2 aromatic rings. The molecule has 3 nitrogen and oxygen atoms in total. The van der Waals surface area contributed by atoms with Crippen LogP contribution in [0.5, 0.6) is 0 Å². The highest BCUT2D eigenvalue weighted by atomic mass is 16.4. The topological polar surface area (TPSA) is 54.4 Å². The van der Waals surface area contributed by atoms with Gasteiger partial charge in [-0.15, -0.1) is 0 Å². The molecule has 0 radical (unpaired) electrons. The van der Waals surface area contributed by atoms with Gasteiger partial charge in [0.15, 0.2) is 5.78 Å². The minimum absolute atomic E-state index is 0.150. The standard InChI is InChI=1S/C17H14O3/c1-12-2-4-13(5-3-12)6-11-16(18)14-7-9-15(10-8-14)17(19)20/h2-11H,1H3,(H,19,20). The molecule has 0 saturated heterocycles. The predicted molar refractivity (Wildman–Crippen MR) is 77.9 cm³/mol. The summed E-state index contributed by atoms with van der Waals surface area (Å²) in [6.07, 6.45) is 3.23. The molecule has 0 aliphatic heterocycles. The fourth-order valence-corrected chi connectivity index (χ4v) is 1.72. The van der Waals surface area contributed by atoms with Crippen molar-refractivity contribution < 1.29 is 14.7 Å². The number of aryl methyl sites for hydroxylation is 1. The second-order valence-corrected chi connectivity index (χ2v) is 4.49. The highest BCUT2D eigenvalue weighted by Gasteiger charge is 2.05. The van der Waals surface area contributed by atoms with E-state index >= 15 is 0 Å². The number of aromatic carboxylic acids is 1. The summed E-state index contributed by atoms with van der Waals surface area (Å²) in [5.41, 5.74) is 2.76.